The third-order valence-corrected chi connectivity index (χ3v) is 4.09. The van der Waals surface area contributed by atoms with Crippen molar-refractivity contribution in [2.75, 3.05) is 18.6 Å². The molecule has 0 unspecified atom stereocenters. The lowest BCUT2D eigenvalue weighted by Gasteiger charge is -2.26. The van der Waals surface area contributed by atoms with Crippen molar-refractivity contribution >= 4 is 17.7 Å². The van der Waals surface area contributed by atoms with Crippen LogP contribution >= 0.6 is 0 Å². The van der Waals surface area contributed by atoms with Crippen LogP contribution in [0.15, 0.2) is 42.5 Å². The molecule has 0 atom stereocenters. The molecule has 2 rings (SSSR count). The van der Waals surface area contributed by atoms with Gasteiger partial charge < -0.3 is 9.64 Å². The molecule has 0 aromatic heterocycles. The molecule has 1 aliphatic carbocycles. The highest BCUT2D eigenvalue weighted by Crippen LogP contribution is 2.27. The average molecular weight is 299 g/mol. The molecule has 118 valence electrons. The minimum Gasteiger partial charge on any atom is -0.463 e. The topological polar surface area (TPSA) is 29.5 Å². The summed E-state index contributed by atoms with van der Waals surface area (Å²) in [5.41, 5.74) is 2.39. The number of carbonyl (C=O) groups excluding carboxylic acids is 1. The number of hydrogen-bond acceptors (Lipinski definition) is 3. The van der Waals surface area contributed by atoms with E-state index >= 15 is 0 Å². The highest BCUT2D eigenvalue weighted by Gasteiger charge is 2.19. The monoisotopic (exact) mass is 299 g/mol. The van der Waals surface area contributed by atoms with Gasteiger partial charge in [0.05, 0.1) is 6.61 Å². The molecule has 0 saturated heterocycles. The lowest BCUT2D eigenvalue weighted by Crippen LogP contribution is -2.28. The lowest BCUT2D eigenvalue weighted by atomic mass is 10.1. The highest BCUT2D eigenvalue weighted by atomic mass is 16.5. The van der Waals surface area contributed by atoms with Crippen molar-refractivity contribution in [2.24, 2.45) is 0 Å². The standard InChI is InChI=1S/C19H25NO2/c1-3-22-19(21)11-7-4-8-16-12-14-18(15-13-16)20(2)17-9-5-6-10-17/h4,7-8,11-15,17H,3,5-6,9-10H2,1-2H3/b8-4+,11-7+. The van der Waals surface area contributed by atoms with Crippen LogP contribution in [0.5, 0.6) is 0 Å². The Kier molecular flexibility index (Phi) is 6.26. The number of benzene rings is 1. The van der Waals surface area contributed by atoms with E-state index in [1.165, 1.54) is 37.4 Å². The Morgan fingerprint density at radius 2 is 1.91 bits per heavy atom. The molecule has 0 N–H and O–H groups in total. The molecule has 1 aliphatic rings. The van der Waals surface area contributed by atoms with Crippen molar-refractivity contribution in [3.63, 3.8) is 0 Å². The molecule has 0 radical (unpaired) electrons. The van der Waals surface area contributed by atoms with Gasteiger partial charge in [-0.15, -0.1) is 0 Å². The number of ether oxygens (including phenoxy) is 1. The van der Waals surface area contributed by atoms with Gasteiger partial charge in [0, 0.05) is 24.9 Å². The van der Waals surface area contributed by atoms with Crippen LogP contribution in [-0.2, 0) is 9.53 Å². The first-order chi connectivity index (χ1) is 10.7. The second-order valence-corrected chi connectivity index (χ2v) is 5.61. The van der Waals surface area contributed by atoms with Crippen molar-refractivity contribution in [1.29, 1.82) is 0 Å². The Hall–Kier alpha value is -2.03. The number of rotatable bonds is 6. The van der Waals surface area contributed by atoms with Crippen LogP contribution in [0.4, 0.5) is 5.69 Å². The van der Waals surface area contributed by atoms with Crippen LogP contribution in [0.1, 0.15) is 38.2 Å². The van der Waals surface area contributed by atoms with E-state index in [2.05, 4.69) is 36.2 Å². The first-order valence-electron chi connectivity index (χ1n) is 8.05. The maximum Gasteiger partial charge on any atom is 0.330 e. The van der Waals surface area contributed by atoms with Crippen LogP contribution in [0.2, 0.25) is 0 Å². The second kappa shape index (κ2) is 8.42. The Bertz CT molecular complexity index is 525. The fourth-order valence-electron chi connectivity index (χ4n) is 2.81. The summed E-state index contributed by atoms with van der Waals surface area (Å²) in [6, 6.07) is 9.22. The number of hydrogen-bond donors (Lipinski definition) is 0. The molecule has 0 spiro atoms. The predicted octanol–water partition coefficient (Wildman–Crippen LogP) is 4.20. The summed E-state index contributed by atoms with van der Waals surface area (Å²) in [5.74, 6) is -0.305. The Labute approximate surface area is 133 Å². The van der Waals surface area contributed by atoms with E-state index in [4.69, 9.17) is 4.74 Å². The molecule has 1 fully saturated rings. The number of anilines is 1. The summed E-state index contributed by atoms with van der Waals surface area (Å²) in [5, 5.41) is 0. The van der Waals surface area contributed by atoms with Crippen LogP contribution in [-0.4, -0.2) is 25.7 Å². The van der Waals surface area contributed by atoms with E-state index in [1.54, 1.807) is 13.0 Å². The fourth-order valence-corrected chi connectivity index (χ4v) is 2.81. The van der Waals surface area contributed by atoms with Crippen LogP contribution in [0.3, 0.4) is 0 Å². The van der Waals surface area contributed by atoms with E-state index in [1.807, 2.05) is 12.2 Å². The molecule has 1 aromatic rings. The van der Waals surface area contributed by atoms with Crippen molar-refractivity contribution in [1.82, 2.24) is 0 Å². The largest absolute Gasteiger partial charge is 0.463 e. The molecular formula is C19H25NO2. The number of allylic oxidation sites excluding steroid dienone is 2. The first-order valence-corrected chi connectivity index (χ1v) is 8.05. The van der Waals surface area contributed by atoms with E-state index in [9.17, 15) is 4.79 Å². The molecule has 0 amide bonds. The van der Waals surface area contributed by atoms with Gasteiger partial charge in [-0.05, 0) is 37.5 Å². The molecule has 22 heavy (non-hydrogen) atoms. The van der Waals surface area contributed by atoms with Crippen molar-refractivity contribution < 1.29 is 9.53 Å². The first kappa shape index (κ1) is 16.3. The van der Waals surface area contributed by atoms with Gasteiger partial charge in [0.15, 0.2) is 0 Å². The Morgan fingerprint density at radius 1 is 1.23 bits per heavy atom. The molecule has 3 heteroatoms. The van der Waals surface area contributed by atoms with E-state index < -0.39 is 0 Å². The summed E-state index contributed by atoms with van der Waals surface area (Å²) >= 11 is 0. The molecule has 0 aliphatic heterocycles. The van der Waals surface area contributed by atoms with Gasteiger partial charge in [-0.2, -0.15) is 0 Å². The van der Waals surface area contributed by atoms with Gasteiger partial charge in [0.25, 0.3) is 0 Å². The zero-order valence-corrected chi connectivity index (χ0v) is 13.5. The molecule has 3 nitrogen and oxygen atoms in total. The smallest absolute Gasteiger partial charge is 0.330 e. The van der Waals surface area contributed by atoms with Crippen molar-refractivity contribution in [3.8, 4) is 0 Å². The minimum absolute atomic E-state index is 0.305. The van der Waals surface area contributed by atoms with Crippen LogP contribution in [0, 0.1) is 0 Å². The molecule has 1 saturated carbocycles. The van der Waals surface area contributed by atoms with Gasteiger partial charge >= 0.3 is 5.97 Å². The summed E-state index contributed by atoms with van der Waals surface area (Å²) in [7, 11) is 2.18. The number of carbonyl (C=O) groups is 1. The van der Waals surface area contributed by atoms with Crippen molar-refractivity contribution in [2.45, 2.75) is 38.6 Å². The quantitative estimate of drug-likeness (QED) is 0.448. The summed E-state index contributed by atoms with van der Waals surface area (Å²) in [4.78, 5) is 13.5. The third-order valence-electron chi connectivity index (χ3n) is 4.09. The van der Waals surface area contributed by atoms with Crippen LogP contribution < -0.4 is 4.90 Å². The Morgan fingerprint density at radius 3 is 2.55 bits per heavy atom. The second-order valence-electron chi connectivity index (χ2n) is 5.61. The van der Waals surface area contributed by atoms with Gasteiger partial charge in [-0.1, -0.05) is 43.2 Å². The van der Waals surface area contributed by atoms with E-state index in [-0.39, 0.29) is 5.97 Å². The van der Waals surface area contributed by atoms with E-state index in [0.29, 0.717) is 12.6 Å². The summed E-state index contributed by atoms with van der Waals surface area (Å²) in [6.07, 6.45) is 12.3. The lowest BCUT2D eigenvalue weighted by molar-refractivity contribution is -0.137. The molecular weight excluding hydrogens is 274 g/mol. The summed E-state index contributed by atoms with van der Waals surface area (Å²) in [6.45, 7) is 2.20. The predicted molar refractivity (Wildman–Crippen MR) is 91.9 cm³/mol. The van der Waals surface area contributed by atoms with Crippen LogP contribution in [0.25, 0.3) is 6.08 Å². The average Bonchev–Trinajstić information content (AvgIpc) is 3.06. The highest BCUT2D eigenvalue weighted by molar-refractivity contribution is 5.82. The maximum atomic E-state index is 11.2. The zero-order valence-electron chi connectivity index (χ0n) is 13.5. The molecule has 0 heterocycles. The van der Waals surface area contributed by atoms with Gasteiger partial charge in [0.2, 0.25) is 0 Å². The maximum absolute atomic E-state index is 11.2. The number of esters is 1. The van der Waals surface area contributed by atoms with E-state index in [0.717, 1.165) is 5.56 Å². The van der Waals surface area contributed by atoms with Gasteiger partial charge in [-0.3, -0.25) is 0 Å². The molecule has 0 bridgehead atoms. The number of nitrogens with zero attached hydrogens (tertiary/aromatic N) is 1. The van der Waals surface area contributed by atoms with Crippen molar-refractivity contribution in [3.05, 3.63) is 48.1 Å². The third kappa shape index (κ3) is 4.76. The zero-order chi connectivity index (χ0) is 15.8. The minimum atomic E-state index is -0.305. The SMILES string of the molecule is CCOC(=O)/C=C/C=C/c1ccc(N(C)C2CCCC2)cc1. The molecule has 1 aromatic carbocycles. The van der Waals surface area contributed by atoms with Gasteiger partial charge in [0.1, 0.15) is 0 Å². The summed E-state index contributed by atoms with van der Waals surface area (Å²) < 4.78 is 4.82. The van der Waals surface area contributed by atoms with Gasteiger partial charge in [-0.25, -0.2) is 4.79 Å². The normalized spacial score (nSPS) is 15.7. The Balaban J connectivity index is 1.90. The fraction of sp³-hybridized carbons (Fsp3) is 0.421.